The number of methoxy groups -OCH3 is 2. The molecule has 4 N–H and O–H groups in total. The molecule has 0 fully saturated rings. The fourth-order valence-corrected chi connectivity index (χ4v) is 2.48. The number of ether oxygens (including phenoxy) is 2. The summed E-state index contributed by atoms with van der Waals surface area (Å²) in [6, 6.07) is 3.35. The van der Waals surface area contributed by atoms with E-state index in [4.69, 9.17) is 15.2 Å². The van der Waals surface area contributed by atoms with Crippen molar-refractivity contribution in [2.45, 2.75) is 26.3 Å². The third kappa shape index (κ3) is 6.01. The number of rotatable bonds is 9. The second kappa shape index (κ2) is 9.75. The summed E-state index contributed by atoms with van der Waals surface area (Å²) < 4.78 is 11.5. The third-order valence-electron chi connectivity index (χ3n) is 3.53. The summed E-state index contributed by atoms with van der Waals surface area (Å²) in [6.45, 7) is 4.92. The number of nitrogens with two attached hydrogens (primary N) is 1. The maximum absolute atomic E-state index is 11.7. The lowest BCUT2D eigenvalue weighted by Crippen LogP contribution is -2.46. The molecule has 7 heteroatoms. The second-order valence-electron chi connectivity index (χ2n) is 5.54. The van der Waals surface area contributed by atoms with E-state index in [1.54, 1.807) is 14.2 Å². The van der Waals surface area contributed by atoms with Crippen molar-refractivity contribution in [2.24, 2.45) is 11.7 Å². The Bertz CT molecular complexity index is 524. The van der Waals surface area contributed by atoms with Crippen LogP contribution in [0.3, 0.4) is 0 Å². The number of halogens is 1. The molecule has 0 radical (unpaired) electrons. The summed E-state index contributed by atoms with van der Waals surface area (Å²) in [4.78, 5) is 11.7. The summed E-state index contributed by atoms with van der Waals surface area (Å²) in [5, 5.41) is 5.94. The van der Waals surface area contributed by atoms with Gasteiger partial charge in [0.2, 0.25) is 5.91 Å². The lowest BCUT2D eigenvalue weighted by molar-refractivity contribution is -0.123. The fourth-order valence-electron chi connectivity index (χ4n) is 2.00. The molecular weight excluding hydrogens is 362 g/mol. The van der Waals surface area contributed by atoms with Crippen molar-refractivity contribution in [3.63, 3.8) is 0 Å². The molecule has 130 valence electrons. The van der Waals surface area contributed by atoms with Gasteiger partial charge in [-0.3, -0.25) is 10.1 Å². The summed E-state index contributed by atoms with van der Waals surface area (Å²) >= 11 is 3.44. The second-order valence-corrected chi connectivity index (χ2v) is 6.39. The first-order valence-electron chi connectivity index (χ1n) is 7.55. The summed E-state index contributed by atoms with van der Waals surface area (Å²) in [5.41, 5.74) is 6.81. The van der Waals surface area contributed by atoms with E-state index >= 15 is 0 Å². The smallest absolute Gasteiger partial charge is 0.238 e. The van der Waals surface area contributed by atoms with Gasteiger partial charge in [-0.25, -0.2) is 0 Å². The van der Waals surface area contributed by atoms with Gasteiger partial charge in [-0.2, -0.15) is 0 Å². The first-order valence-corrected chi connectivity index (χ1v) is 8.34. The Morgan fingerprint density at radius 2 is 1.91 bits per heavy atom. The molecule has 0 aliphatic carbocycles. The monoisotopic (exact) mass is 387 g/mol. The molecule has 0 aromatic heterocycles. The molecule has 0 bridgehead atoms. The number of carbonyl (C=O) groups is 1. The van der Waals surface area contributed by atoms with Crippen LogP contribution in [0.1, 0.15) is 19.4 Å². The zero-order chi connectivity index (χ0) is 17.4. The average Bonchev–Trinajstić information content (AvgIpc) is 2.54. The molecule has 0 saturated carbocycles. The van der Waals surface area contributed by atoms with Gasteiger partial charge in [0.05, 0.1) is 31.4 Å². The van der Waals surface area contributed by atoms with E-state index in [0.717, 1.165) is 28.0 Å². The van der Waals surface area contributed by atoms with Crippen LogP contribution >= 0.6 is 15.9 Å². The lowest BCUT2D eigenvalue weighted by Gasteiger charge is -2.16. The highest BCUT2D eigenvalue weighted by Crippen LogP contribution is 2.32. The Kier molecular flexibility index (Phi) is 8.36. The normalized spacial score (nSPS) is 12.1. The quantitative estimate of drug-likeness (QED) is 0.443. The zero-order valence-electron chi connectivity index (χ0n) is 14.1. The van der Waals surface area contributed by atoms with Gasteiger partial charge in [0.25, 0.3) is 0 Å². The van der Waals surface area contributed by atoms with Crippen LogP contribution in [-0.4, -0.2) is 39.4 Å². The van der Waals surface area contributed by atoms with E-state index in [2.05, 4.69) is 26.6 Å². The first kappa shape index (κ1) is 19.7. The molecule has 1 atom stereocenters. The number of nitrogens with one attached hydrogen (secondary N) is 2. The Labute approximate surface area is 146 Å². The number of hydrogen-bond donors (Lipinski definition) is 3. The highest BCUT2D eigenvalue weighted by Gasteiger charge is 2.16. The van der Waals surface area contributed by atoms with E-state index in [9.17, 15) is 4.79 Å². The van der Waals surface area contributed by atoms with Crippen LogP contribution in [0.25, 0.3) is 0 Å². The molecule has 6 nitrogen and oxygen atoms in total. The molecule has 0 heterocycles. The van der Waals surface area contributed by atoms with Crippen molar-refractivity contribution < 1.29 is 14.3 Å². The maximum Gasteiger partial charge on any atom is 0.238 e. The van der Waals surface area contributed by atoms with Crippen molar-refractivity contribution >= 4 is 21.8 Å². The van der Waals surface area contributed by atoms with Crippen LogP contribution < -0.4 is 25.8 Å². The van der Waals surface area contributed by atoms with Gasteiger partial charge < -0.3 is 20.5 Å². The Hall–Kier alpha value is -1.31. The predicted octanol–water partition coefficient (Wildman–Crippen LogP) is 1.66. The lowest BCUT2D eigenvalue weighted by atomic mass is 10.1. The van der Waals surface area contributed by atoms with Crippen LogP contribution in [0.4, 0.5) is 0 Å². The van der Waals surface area contributed by atoms with E-state index in [0.29, 0.717) is 13.2 Å². The Morgan fingerprint density at radius 3 is 2.48 bits per heavy atom. The number of benzene rings is 1. The summed E-state index contributed by atoms with van der Waals surface area (Å²) in [5.74, 6) is 1.53. The Balaban J connectivity index is 2.46. The van der Waals surface area contributed by atoms with Crippen molar-refractivity contribution in [3.05, 3.63) is 22.2 Å². The van der Waals surface area contributed by atoms with Gasteiger partial charge >= 0.3 is 0 Å². The standard InChI is InChI=1S/C16H26BrN3O3/c1-10(2)15(18)16(21)20-9-19-6-5-11-7-14(23-4)12(17)8-13(11)22-3/h7-8,10,15,19H,5-6,9,18H2,1-4H3,(H,20,21)/t15-/m0/s1. The minimum atomic E-state index is -0.479. The van der Waals surface area contributed by atoms with Gasteiger partial charge in [0.15, 0.2) is 0 Å². The number of hydrogen-bond acceptors (Lipinski definition) is 5. The van der Waals surface area contributed by atoms with Gasteiger partial charge in [-0.1, -0.05) is 13.8 Å². The van der Waals surface area contributed by atoms with E-state index < -0.39 is 6.04 Å². The molecule has 1 aromatic carbocycles. The largest absolute Gasteiger partial charge is 0.496 e. The summed E-state index contributed by atoms with van der Waals surface area (Å²) in [7, 11) is 3.26. The van der Waals surface area contributed by atoms with Gasteiger partial charge in [-0.05, 0) is 46.0 Å². The van der Waals surface area contributed by atoms with Crippen molar-refractivity contribution in [1.29, 1.82) is 0 Å². The van der Waals surface area contributed by atoms with Crippen molar-refractivity contribution in [1.82, 2.24) is 10.6 Å². The zero-order valence-corrected chi connectivity index (χ0v) is 15.7. The van der Waals surface area contributed by atoms with Crippen LogP contribution in [0.2, 0.25) is 0 Å². The minimum absolute atomic E-state index is 0.120. The highest BCUT2D eigenvalue weighted by molar-refractivity contribution is 9.10. The first-order chi connectivity index (χ1) is 10.9. The topological polar surface area (TPSA) is 85.6 Å². The molecule has 1 amide bonds. The predicted molar refractivity (Wildman–Crippen MR) is 94.8 cm³/mol. The van der Waals surface area contributed by atoms with Crippen LogP contribution in [-0.2, 0) is 11.2 Å². The SMILES string of the molecule is COc1cc(CCNCNC(=O)[C@@H](N)C(C)C)c(OC)cc1Br. The van der Waals surface area contributed by atoms with Crippen LogP contribution in [0.15, 0.2) is 16.6 Å². The molecule has 0 saturated heterocycles. The Morgan fingerprint density at radius 1 is 1.26 bits per heavy atom. The van der Waals surface area contributed by atoms with E-state index in [1.165, 1.54) is 0 Å². The average molecular weight is 388 g/mol. The molecular formula is C16H26BrN3O3. The molecule has 0 aliphatic heterocycles. The fraction of sp³-hybridized carbons (Fsp3) is 0.562. The maximum atomic E-state index is 11.7. The number of carbonyl (C=O) groups excluding carboxylic acids is 1. The molecule has 23 heavy (non-hydrogen) atoms. The summed E-state index contributed by atoms with van der Waals surface area (Å²) in [6.07, 6.45) is 0.749. The van der Waals surface area contributed by atoms with E-state index in [-0.39, 0.29) is 11.8 Å². The number of amides is 1. The van der Waals surface area contributed by atoms with Gasteiger partial charge in [-0.15, -0.1) is 0 Å². The van der Waals surface area contributed by atoms with Crippen molar-refractivity contribution in [2.75, 3.05) is 27.4 Å². The van der Waals surface area contributed by atoms with Crippen LogP contribution in [0.5, 0.6) is 11.5 Å². The molecule has 1 aromatic rings. The molecule has 0 spiro atoms. The van der Waals surface area contributed by atoms with Gasteiger partial charge in [0, 0.05) is 6.54 Å². The molecule has 1 rings (SSSR count). The minimum Gasteiger partial charge on any atom is -0.496 e. The highest BCUT2D eigenvalue weighted by atomic mass is 79.9. The van der Waals surface area contributed by atoms with Crippen LogP contribution in [0, 0.1) is 5.92 Å². The third-order valence-corrected chi connectivity index (χ3v) is 4.15. The molecule has 0 unspecified atom stereocenters. The van der Waals surface area contributed by atoms with E-state index in [1.807, 2.05) is 26.0 Å². The molecule has 0 aliphatic rings. The van der Waals surface area contributed by atoms with Gasteiger partial charge in [0.1, 0.15) is 11.5 Å². The van der Waals surface area contributed by atoms with Crippen molar-refractivity contribution in [3.8, 4) is 11.5 Å².